The first kappa shape index (κ1) is 12.9. The Morgan fingerprint density at radius 2 is 1.88 bits per heavy atom. The van der Waals surface area contributed by atoms with Crippen molar-refractivity contribution < 1.29 is 8.42 Å². The minimum Gasteiger partial charge on any atom is -0.210 e. The second-order valence-corrected chi connectivity index (χ2v) is 8.55. The highest BCUT2D eigenvalue weighted by atomic mass is 79.9. The van der Waals surface area contributed by atoms with Gasteiger partial charge in [-0.05, 0) is 11.1 Å². The maximum Gasteiger partial charge on any atom is 0.252 e. The SMILES string of the molecule is O=S(=O)(Cl)C1(Br)C=CC(c2ccccc2)=CC1. The molecule has 1 atom stereocenters. The summed E-state index contributed by atoms with van der Waals surface area (Å²) in [5.74, 6) is 0. The average Bonchev–Trinajstić information content (AvgIpc) is 2.30. The zero-order valence-electron chi connectivity index (χ0n) is 8.81. The van der Waals surface area contributed by atoms with E-state index in [9.17, 15) is 8.42 Å². The smallest absolute Gasteiger partial charge is 0.210 e. The number of benzene rings is 1. The molecule has 2 nitrogen and oxygen atoms in total. The fourth-order valence-corrected chi connectivity index (χ4v) is 2.78. The molecule has 0 radical (unpaired) electrons. The van der Waals surface area contributed by atoms with Gasteiger partial charge in [0.1, 0.15) is 0 Å². The van der Waals surface area contributed by atoms with Gasteiger partial charge in [0.2, 0.25) is 0 Å². The van der Waals surface area contributed by atoms with Gasteiger partial charge in [-0.15, -0.1) is 0 Å². The van der Waals surface area contributed by atoms with Crippen molar-refractivity contribution >= 4 is 41.2 Å². The van der Waals surface area contributed by atoms with Crippen LogP contribution >= 0.6 is 26.6 Å². The van der Waals surface area contributed by atoms with Gasteiger partial charge < -0.3 is 0 Å². The molecule has 0 fully saturated rings. The van der Waals surface area contributed by atoms with Gasteiger partial charge >= 0.3 is 0 Å². The molecule has 1 aromatic rings. The fraction of sp³-hybridized carbons (Fsp3) is 0.167. The number of allylic oxidation sites excluding steroid dienone is 3. The van der Waals surface area contributed by atoms with Crippen LogP contribution in [0.1, 0.15) is 12.0 Å². The van der Waals surface area contributed by atoms with Gasteiger partial charge in [-0.25, -0.2) is 8.42 Å². The molecule has 0 bridgehead atoms. The Morgan fingerprint density at radius 1 is 1.24 bits per heavy atom. The van der Waals surface area contributed by atoms with Crippen LogP contribution in [0.4, 0.5) is 0 Å². The van der Waals surface area contributed by atoms with E-state index < -0.39 is 12.7 Å². The summed E-state index contributed by atoms with van der Waals surface area (Å²) < 4.78 is 21.6. The summed E-state index contributed by atoms with van der Waals surface area (Å²) in [7, 11) is 1.72. The van der Waals surface area contributed by atoms with Crippen LogP contribution in [0.2, 0.25) is 0 Å². The lowest BCUT2D eigenvalue weighted by Crippen LogP contribution is -2.26. The molecule has 0 amide bonds. The summed E-state index contributed by atoms with van der Waals surface area (Å²) in [6.07, 6.45) is 5.54. The Morgan fingerprint density at radius 3 is 2.35 bits per heavy atom. The number of hydrogen-bond donors (Lipinski definition) is 0. The maximum absolute atomic E-state index is 11.4. The molecule has 0 heterocycles. The molecule has 0 N–H and O–H groups in total. The Kier molecular flexibility index (Phi) is 3.48. The number of halogens is 2. The topological polar surface area (TPSA) is 34.1 Å². The lowest BCUT2D eigenvalue weighted by atomic mass is 9.99. The van der Waals surface area contributed by atoms with Crippen molar-refractivity contribution in [3.05, 3.63) is 54.1 Å². The monoisotopic (exact) mass is 332 g/mol. The standard InChI is InChI=1S/C12H10BrClO2S/c13-12(17(14,15)16)8-6-11(7-9-12)10-4-2-1-3-5-10/h1-8H,9H2. The molecule has 0 saturated carbocycles. The second-order valence-electron chi connectivity index (χ2n) is 3.79. The van der Waals surface area contributed by atoms with Crippen molar-refractivity contribution in [2.75, 3.05) is 0 Å². The Bertz CT molecular complexity index is 578. The van der Waals surface area contributed by atoms with Gasteiger partial charge in [0.25, 0.3) is 9.05 Å². The Hall–Kier alpha value is -0.580. The molecular formula is C12H10BrClO2S. The lowest BCUT2D eigenvalue weighted by molar-refractivity contribution is 0.599. The Balaban J connectivity index is 2.29. The summed E-state index contributed by atoms with van der Waals surface area (Å²) in [5.41, 5.74) is 2.06. The molecule has 90 valence electrons. The number of rotatable bonds is 2. The molecule has 0 aliphatic heterocycles. The minimum atomic E-state index is -3.67. The molecule has 1 aromatic carbocycles. The van der Waals surface area contributed by atoms with E-state index in [1.54, 1.807) is 12.2 Å². The molecule has 1 aliphatic rings. The van der Waals surface area contributed by atoms with Crippen LogP contribution in [-0.2, 0) is 9.05 Å². The van der Waals surface area contributed by atoms with Crippen LogP contribution in [0.3, 0.4) is 0 Å². The van der Waals surface area contributed by atoms with Crippen molar-refractivity contribution in [2.45, 2.75) is 10.1 Å². The number of alkyl halides is 1. The van der Waals surface area contributed by atoms with E-state index in [1.807, 2.05) is 36.4 Å². The molecular weight excluding hydrogens is 324 g/mol. The summed E-state index contributed by atoms with van der Waals surface area (Å²) in [4.78, 5) is 0. The third-order valence-corrected chi connectivity index (χ3v) is 6.99. The average molecular weight is 334 g/mol. The fourth-order valence-electron chi connectivity index (χ4n) is 1.62. The predicted octanol–water partition coefficient (Wildman–Crippen LogP) is 3.69. The van der Waals surface area contributed by atoms with Crippen molar-refractivity contribution in [3.63, 3.8) is 0 Å². The first-order valence-corrected chi connectivity index (χ1v) is 8.10. The van der Waals surface area contributed by atoms with E-state index >= 15 is 0 Å². The minimum absolute atomic E-state index is 0.319. The van der Waals surface area contributed by atoms with Crippen LogP contribution in [0.5, 0.6) is 0 Å². The van der Waals surface area contributed by atoms with Crippen LogP contribution < -0.4 is 0 Å². The van der Waals surface area contributed by atoms with Gasteiger partial charge in [0.15, 0.2) is 3.66 Å². The van der Waals surface area contributed by atoms with E-state index in [0.29, 0.717) is 6.42 Å². The summed E-state index contributed by atoms with van der Waals surface area (Å²) >= 11 is 3.17. The molecule has 0 aromatic heterocycles. The van der Waals surface area contributed by atoms with Gasteiger partial charge in [-0.1, -0.05) is 64.5 Å². The molecule has 2 rings (SSSR count). The van der Waals surface area contributed by atoms with Gasteiger partial charge in [-0.3, -0.25) is 0 Å². The van der Waals surface area contributed by atoms with E-state index in [2.05, 4.69) is 15.9 Å². The largest absolute Gasteiger partial charge is 0.252 e. The first-order chi connectivity index (χ1) is 7.92. The van der Waals surface area contributed by atoms with Crippen LogP contribution in [0, 0.1) is 0 Å². The third-order valence-electron chi connectivity index (χ3n) is 2.62. The van der Waals surface area contributed by atoms with Gasteiger partial charge in [0.05, 0.1) is 0 Å². The van der Waals surface area contributed by atoms with Crippen LogP contribution in [0.25, 0.3) is 5.57 Å². The number of hydrogen-bond acceptors (Lipinski definition) is 2. The second kappa shape index (κ2) is 4.59. The summed E-state index contributed by atoms with van der Waals surface area (Å²) in [6, 6.07) is 9.78. The zero-order chi connectivity index (χ0) is 12.5. The molecule has 0 spiro atoms. The first-order valence-electron chi connectivity index (χ1n) is 5.00. The van der Waals surface area contributed by atoms with Gasteiger partial charge in [-0.2, -0.15) is 0 Å². The molecule has 1 aliphatic carbocycles. The van der Waals surface area contributed by atoms with E-state index in [0.717, 1.165) is 11.1 Å². The van der Waals surface area contributed by atoms with E-state index in [1.165, 1.54) is 0 Å². The zero-order valence-corrected chi connectivity index (χ0v) is 12.0. The molecule has 0 saturated heterocycles. The van der Waals surface area contributed by atoms with Crippen LogP contribution in [0.15, 0.2) is 48.6 Å². The summed E-state index contributed by atoms with van der Waals surface area (Å²) in [6.45, 7) is 0. The van der Waals surface area contributed by atoms with Crippen molar-refractivity contribution in [2.24, 2.45) is 0 Å². The van der Waals surface area contributed by atoms with E-state index in [-0.39, 0.29) is 0 Å². The van der Waals surface area contributed by atoms with Crippen molar-refractivity contribution in [1.29, 1.82) is 0 Å². The quantitative estimate of drug-likeness (QED) is 0.611. The predicted molar refractivity (Wildman–Crippen MR) is 74.6 cm³/mol. The lowest BCUT2D eigenvalue weighted by Gasteiger charge is -2.22. The summed E-state index contributed by atoms with van der Waals surface area (Å²) in [5, 5.41) is 0. The Labute approximate surface area is 114 Å². The molecule has 17 heavy (non-hydrogen) atoms. The van der Waals surface area contributed by atoms with Gasteiger partial charge in [0, 0.05) is 17.1 Å². The maximum atomic E-state index is 11.4. The third kappa shape index (κ3) is 2.64. The van der Waals surface area contributed by atoms with E-state index in [4.69, 9.17) is 10.7 Å². The highest BCUT2D eigenvalue weighted by Gasteiger charge is 2.38. The normalized spacial score (nSPS) is 24.5. The molecule has 1 unspecified atom stereocenters. The molecule has 5 heteroatoms. The van der Waals surface area contributed by atoms with Crippen LogP contribution in [-0.4, -0.2) is 12.1 Å². The highest BCUT2D eigenvalue weighted by Crippen LogP contribution is 2.39. The van der Waals surface area contributed by atoms with Crippen molar-refractivity contribution in [3.8, 4) is 0 Å². The van der Waals surface area contributed by atoms with Crippen molar-refractivity contribution in [1.82, 2.24) is 0 Å². The highest BCUT2D eigenvalue weighted by molar-refractivity contribution is 9.12.